The number of carbonyl (C=O) groups excluding carboxylic acids is 1. The molecule has 8 nitrogen and oxygen atoms in total. The van der Waals surface area contributed by atoms with Gasteiger partial charge >= 0.3 is 5.97 Å². The number of rotatable bonds is 6. The van der Waals surface area contributed by atoms with Crippen molar-refractivity contribution in [3.63, 3.8) is 0 Å². The minimum absolute atomic E-state index is 0.0608. The highest BCUT2D eigenvalue weighted by atomic mass is 16.5. The molecule has 0 amide bonds. The number of unbranched alkanes of at least 4 members (excludes halogenated alkanes) is 1. The van der Waals surface area contributed by atoms with Crippen LogP contribution < -0.4 is 11.1 Å². The quantitative estimate of drug-likeness (QED) is 0.482. The van der Waals surface area contributed by atoms with Gasteiger partial charge < -0.3 is 9.72 Å². The van der Waals surface area contributed by atoms with Gasteiger partial charge in [0.25, 0.3) is 11.1 Å². The van der Waals surface area contributed by atoms with Crippen molar-refractivity contribution in [1.82, 2.24) is 19.7 Å². The minimum atomic E-state index is -0.686. The zero-order chi connectivity index (χ0) is 22.0. The monoisotopic (exact) mass is 418 g/mol. The number of aromatic amines is 1. The number of carbonyl (C=O) groups is 1. The number of nitrogens with one attached hydrogen (secondary N) is 1. The van der Waals surface area contributed by atoms with Crippen molar-refractivity contribution in [2.75, 3.05) is 0 Å². The second-order valence-electron chi connectivity index (χ2n) is 7.34. The minimum Gasteiger partial charge on any atom is -0.453 e. The first-order chi connectivity index (χ1) is 15.0. The molecule has 4 rings (SSSR count). The molecule has 2 aromatic heterocycles. The zero-order valence-corrected chi connectivity index (χ0v) is 17.3. The predicted molar refractivity (Wildman–Crippen MR) is 117 cm³/mol. The van der Waals surface area contributed by atoms with Gasteiger partial charge in [-0.3, -0.25) is 9.59 Å². The van der Waals surface area contributed by atoms with Gasteiger partial charge in [-0.2, -0.15) is 5.10 Å². The fraction of sp³-hybridized carbons (Fsp3) is 0.261. The number of ether oxygens (including phenoxy) is 1. The molecule has 2 heterocycles. The fourth-order valence-corrected chi connectivity index (χ4v) is 3.47. The maximum Gasteiger partial charge on any atom is 0.359 e. The highest BCUT2D eigenvalue weighted by molar-refractivity contribution is 6.02. The Hall–Kier alpha value is -3.81. The summed E-state index contributed by atoms with van der Waals surface area (Å²) in [6, 6.07) is 12.2. The third kappa shape index (κ3) is 3.96. The van der Waals surface area contributed by atoms with Gasteiger partial charge in [0.2, 0.25) is 0 Å². The van der Waals surface area contributed by atoms with Crippen molar-refractivity contribution in [3.05, 3.63) is 80.3 Å². The Morgan fingerprint density at radius 3 is 2.58 bits per heavy atom. The average molecular weight is 418 g/mol. The molecule has 0 bridgehead atoms. The Morgan fingerprint density at radius 1 is 1.06 bits per heavy atom. The van der Waals surface area contributed by atoms with Gasteiger partial charge in [0, 0.05) is 11.9 Å². The van der Waals surface area contributed by atoms with Gasteiger partial charge in [-0.25, -0.2) is 14.5 Å². The van der Waals surface area contributed by atoms with Crippen LogP contribution >= 0.6 is 0 Å². The van der Waals surface area contributed by atoms with Crippen LogP contribution in [0.15, 0.2) is 52.1 Å². The van der Waals surface area contributed by atoms with E-state index in [-0.39, 0.29) is 29.2 Å². The Kier molecular flexibility index (Phi) is 5.62. The SMILES string of the molecule is CCCCn1nc(C(=O)OCc2nc3c(C)cccc3c(=O)[nH]2)c2ccccc2c1=O. The standard InChI is InChI=1S/C23H22N4O4/c1-3-4-12-27-22(29)16-10-6-5-9-15(16)20(26-27)23(30)31-13-18-24-19-14(2)8-7-11-17(19)21(28)25-18/h5-11H,3-4,12-13H2,1-2H3,(H,24,25,28). The van der Waals surface area contributed by atoms with E-state index in [0.717, 1.165) is 18.4 Å². The second kappa shape index (κ2) is 8.51. The van der Waals surface area contributed by atoms with Crippen LogP contribution in [0.4, 0.5) is 0 Å². The van der Waals surface area contributed by atoms with Crippen molar-refractivity contribution >= 4 is 27.6 Å². The highest BCUT2D eigenvalue weighted by Crippen LogP contribution is 2.16. The van der Waals surface area contributed by atoms with Crippen LogP contribution in [0, 0.1) is 6.92 Å². The number of nitrogens with zero attached hydrogens (tertiary/aromatic N) is 3. The van der Waals surface area contributed by atoms with Gasteiger partial charge in [-0.15, -0.1) is 0 Å². The zero-order valence-electron chi connectivity index (χ0n) is 17.3. The summed E-state index contributed by atoms with van der Waals surface area (Å²) in [5, 5.41) is 5.59. The molecule has 0 atom stereocenters. The molecule has 31 heavy (non-hydrogen) atoms. The number of aryl methyl sites for hydroxylation is 2. The number of benzene rings is 2. The number of hydrogen-bond donors (Lipinski definition) is 1. The van der Waals surface area contributed by atoms with Crippen LogP contribution in [-0.4, -0.2) is 25.7 Å². The summed E-state index contributed by atoms with van der Waals surface area (Å²) in [6.45, 7) is 4.07. The van der Waals surface area contributed by atoms with Crippen molar-refractivity contribution in [1.29, 1.82) is 0 Å². The molecule has 0 aliphatic heterocycles. The lowest BCUT2D eigenvalue weighted by Gasteiger charge is -2.11. The third-order valence-electron chi connectivity index (χ3n) is 5.11. The molecule has 0 saturated heterocycles. The lowest BCUT2D eigenvalue weighted by atomic mass is 10.1. The third-order valence-corrected chi connectivity index (χ3v) is 5.11. The average Bonchev–Trinajstić information content (AvgIpc) is 2.78. The summed E-state index contributed by atoms with van der Waals surface area (Å²) >= 11 is 0. The number of hydrogen-bond acceptors (Lipinski definition) is 6. The van der Waals surface area contributed by atoms with E-state index in [0.29, 0.717) is 28.2 Å². The maximum atomic E-state index is 12.9. The van der Waals surface area contributed by atoms with Crippen molar-refractivity contribution in [3.8, 4) is 0 Å². The second-order valence-corrected chi connectivity index (χ2v) is 7.34. The summed E-state index contributed by atoms with van der Waals surface area (Å²) < 4.78 is 6.72. The lowest BCUT2D eigenvalue weighted by Crippen LogP contribution is -2.26. The smallest absolute Gasteiger partial charge is 0.359 e. The van der Waals surface area contributed by atoms with Gasteiger partial charge in [0.15, 0.2) is 5.69 Å². The lowest BCUT2D eigenvalue weighted by molar-refractivity contribution is 0.0455. The molecule has 0 fully saturated rings. The highest BCUT2D eigenvalue weighted by Gasteiger charge is 2.18. The van der Waals surface area contributed by atoms with Crippen LogP contribution in [0.3, 0.4) is 0 Å². The molecule has 0 saturated carbocycles. The fourth-order valence-electron chi connectivity index (χ4n) is 3.47. The van der Waals surface area contributed by atoms with Gasteiger partial charge in [0.05, 0.1) is 16.3 Å². The Labute approximate surface area is 177 Å². The van der Waals surface area contributed by atoms with Crippen molar-refractivity contribution in [2.24, 2.45) is 0 Å². The van der Waals surface area contributed by atoms with Crippen molar-refractivity contribution in [2.45, 2.75) is 39.8 Å². The molecule has 1 N–H and O–H groups in total. The van der Waals surface area contributed by atoms with E-state index in [1.807, 2.05) is 19.9 Å². The Bertz CT molecular complexity index is 1400. The number of fused-ring (bicyclic) bond motifs is 2. The summed E-state index contributed by atoms with van der Waals surface area (Å²) in [4.78, 5) is 45.0. The Morgan fingerprint density at radius 2 is 1.81 bits per heavy atom. The molecular weight excluding hydrogens is 396 g/mol. The molecule has 0 aliphatic carbocycles. The predicted octanol–water partition coefficient (Wildman–Crippen LogP) is 3.10. The first-order valence-corrected chi connectivity index (χ1v) is 10.1. The van der Waals surface area contributed by atoms with E-state index in [1.165, 1.54) is 4.68 Å². The van der Waals surface area contributed by atoms with E-state index < -0.39 is 5.97 Å². The van der Waals surface area contributed by atoms with Crippen LogP contribution in [0.25, 0.3) is 21.7 Å². The molecular formula is C23H22N4O4. The van der Waals surface area contributed by atoms with E-state index in [4.69, 9.17) is 4.74 Å². The van der Waals surface area contributed by atoms with Crippen LogP contribution in [-0.2, 0) is 17.9 Å². The number of esters is 1. The summed E-state index contributed by atoms with van der Waals surface area (Å²) in [6.07, 6.45) is 1.66. The van der Waals surface area contributed by atoms with Crippen molar-refractivity contribution < 1.29 is 9.53 Å². The summed E-state index contributed by atoms with van der Waals surface area (Å²) in [5.74, 6) is -0.447. The van der Waals surface area contributed by atoms with Gasteiger partial charge in [-0.1, -0.05) is 43.7 Å². The van der Waals surface area contributed by atoms with E-state index in [2.05, 4.69) is 15.1 Å². The number of para-hydroxylation sites is 1. The first-order valence-electron chi connectivity index (χ1n) is 10.1. The maximum absolute atomic E-state index is 12.9. The normalized spacial score (nSPS) is 11.2. The topological polar surface area (TPSA) is 107 Å². The van der Waals surface area contributed by atoms with E-state index >= 15 is 0 Å². The van der Waals surface area contributed by atoms with E-state index in [9.17, 15) is 14.4 Å². The van der Waals surface area contributed by atoms with Crippen LogP contribution in [0.1, 0.15) is 41.6 Å². The largest absolute Gasteiger partial charge is 0.453 e. The van der Waals surface area contributed by atoms with Gasteiger partial charge in [0.1, 0.15) is 12.4 Å². The molecule has 158 valence electrons. The van der Waals surface area contributed by atoms with Gasteiger partial charge in [-0.05, 0) is 31.0 Å². The molecule has 0 spiro atoms. The van der Waals surface area contributed by atoms with E-state index in [1.54, 1.807) is 36.4 Å². The molecule has 8 heteroatoms. The van der Waals surface area contributed by atoms with Crippen LogP contribution in [0.5, 0.6) is 0 Å². The first kappa shape index (κ1) is 20.5. The molecule has 0 radical (unpaired) electrons. The Balaban J connectivity index is 1.67. The molecule has 2 aromatic carbocycles. The molecule has 0 unspecified atom stereocenters. The summed E-state index contributed by atoms with van der Waals surface area (Å²) in [5.41, 5.74) is 0.944. The summed E-state index contributed by atoms with van der Waals surface area (Å²) in [7, 11) is 0. The molecule has 4 aromatic rings. The number of aromatic nitrogens is 4. The number of H-pyrrole nitrogens is 1. The molecule has 0 aliphatic rings. The van der Waals surface area contributed by atoms with Crippen LogP contribution in [0.2, 0.25) is 0 Å².